The highest BCUT2D eigenvalue weighted by atomic mass is 32.2. The SMILES string of the molecule is Cc1ccccc1N1C=CS[C@@H]1C. The van der Waals surface area contributed by atoms with Crippen molar-refractivity contribution >= 4 is 17.4 Å². The van der Waals surface area contributed by atoms with E-state index in [2.05, 4.69) is 54.6 Å². The fourth-order valence-corrected chi connectivity index (χ4v) is 2.27. The Kier molecular flexibility index (Phi) is 2.32. The zero-order chi connectivity index (χ0) is 9.26. The molecule has 0 N–H and O–H groups in total. The molecule has 13 heavy (non-hydrogen) atoms. The number of anilines is 1. The molecule has 0 unspecified atom stereocenters. The maximum absolute atomic E-state index is 2.31. The van der Waals surface area contributed by atoms with Gasteiger partial charge in [-0.15, -0.1) is 11.8 Å². The third kappa shape index (κ3) is 1.59. The van der Waals surface area contributed by atoms with Gasteiger partial charge in [-0.25, -0.2) is 0 Å². The minimum Gasteiger partial charge on any atom is -0.335 e. The maximum Gasteiger partial charge on any atom is 0.0806 e. The number of rotatable bonds is 1. The minimum atomic E-state index is 0.529. The van der Waals surface area contributed by atoms with Crippen molar-refractivity contribution in [2.75, 3.05) is 4.90 Å². The van der Waals surface area contributed by atoms with Crippen LogP contribution in [-0.2, 0) is 0 Å². The molecule has 1 aliphatic rings. The first-order valence-electron chi connectivity index (χ1n) is 4.45. The number of para-hydroxylation sites is 1. The van der Waals surface area contributed by atoms with Crippen molar-refractivity contribution < 1.29 is 0 Å². The summed E-state index contributed by atoms with van der Waals surface area (Å²) in [4.78, 5) is 2.31. The summed E-state index contributed by atoms with van der Waals surface area (Å²) in [6.45, 7) is 4.37. The van der Waals surface area contributed by atoms with Gasteiger partial charge in [-0.05, 0) is 30.9 Å². The van der Waals surface area contributed by atoms with Crippen LogP contribution in [0.5, 0.6) is 0 Å². The summed E-state index contributed by atoms with van der Waals surface area (Å²) in [6.07, 6.45) is 2.15. The van der Waals surface area contributed by atoms with Crippen LogP contribution in [-0.4, -0.2) is 5.37 Å². The molecule has 0 amide bonds. The van der Waals surface area contributed by atoms with Crippen LogP contribution in [0.2, 0.25) is 0 Å². The van der Waals surface area contributed by atoms with Crippen LogP contribution in [0.25, 0.3) is 0 Å². The molecular weight excluding hydrogens is 178 g/mol. The fraction of sp³-hybridized carbons (Fsp3) is 0.273. The van der Waals surface area contributed by atoms with E-state index < -0.39 is 0 Å². The largest absolute Gasteiger partial charge is 0.335 e. The quantitative estimate of drug-likeness (QED) is 0.669. The van der Waals surface area contributed by atoms with Gasteiger partial charge in [-0.2, -0.15) is 0 Å². The molecule has 0 radical (unpaired) electrons. The van der Waals surface area contributed by atoms with E-state index in [4.69, 9.17) is 0 Å². The van der Waals surface area contributed by atoms with E-state index in [1.807, 2.05) is 11.8 Å². The Morgan fingerprint density at radius 1 is 1.31 bits per heavy atom. The highest BCUT2D eigenvalue weighted by Crippen LogP contribution is 2.31. The van der Waals surface area contributed by atoms with Crippen molar-refractivity contribution in [3.8, 4) is 0 Å². The first kappa shape index (κ1) is 8.70. The third-order valence-corrected chi connectivity index (χ3v) is 3.18. The van der Waals surface area contributed by atoms with Crippen LogP contribution in [0, 0.1) is 6.92 Å². The number of benzene rings is 1. The van der Waals surface area contributed by atoms with Gasteiger partial charge in [0.05, 0.1) is 5.37 Å². The van der Waals surface area contributed by atoms with E-state index in [1.54, 1.807) is 0 Å². The van der Waals surface area contributed by atoms with Crippen molar-refractivity contribution in [3.05, 3.63) is 41.4 Å². The van der Waals surface area contributed by atoms with Gasteiger partial charge in [0.2, 0.25) is 0 Å². The summed E-state index contributed by atoms with van der Waals surface area (Å²) in [5.74, 6) is 0. The third-order valence-electron chi connectivity index (χ3n) is 2.28. The number of hydrogen-bond donors (Lipinski definition) is 0. The zero-order valence-electron chi connectivity index (χ0n) is 7.90. The predicted octanol–water partition coefficient (Wildman–Crippen LogP) is 3.37. The Labute approximate surface area is 83.4 Å². The highest BCUT2D eigenvalue weighted by molar-refractivity contribution is 8.03. The van der Waals surface area contributed by atoms with E-state index in [1.165, 1.54) is 11.3 Å². The molecule has 0 saturated carbocycles. The van der Waals surface area contributed by atoms with Gasteiger partial charge in [0.25, 0.3) is 0 Å². The summed E-state index contributed by atoms with van der Waals surface area (Å²) < 4.78 is 0. The summed E-state index contributed by atoms with van der Waals surface area (Å²) >= 11 is 1.85. The van der Waals surface area contributed by atoms with Crippen molar-refractivity contribution in [2.24, 2.45) is 0 Å². The van der Waals surface area contributed by atoms with Crippen molar-refractivity contribution in [1.29, 1.82) is 0 Å². The molecular formula is C11H13NS. The molecule has 1 atom stereocenters. The molecule has 0 bridgehead atoms. The van der Waals surface area contributed by atoms with Crippen LogP contribution in [0.1, 0.15) is 12.5 Å². The molecule has 2 rings (SSSR count). The lowest BCUT2D eigenvalue weighted by Gasteiger charge is -2.23. The monoisotopic (exact) mass is 191 g/mol. The number of hydrogen-bond acceptors (Lipinski definition) is 2. The zero-order valence-corrected chi connectivity index (χ0v) is 8.71. The van der Waals surface area contributed by atoms with E-state index in [0.29, 0.717) is 5.37 Å². The highest BCUT2D eigenvalue weighted by Gasteiger charge is 2.17. The van der Waals surface area contributed by atoms with Crippen LogP contribution < -0.4 is 4.90 Å². The summed E-state index contributed by atoms with van der Waals surface area (Å²) in [5, 5.41) is 2.68. The maximum atomic E-state index is 2.31. The average Bonchev–Trinajstić information content (AvgIpc) is 2.52. The molecule has 0 saturated heterocycles. The average molecular weight is 191 g/mol. The second-order valence-electron chi connectivity index (χ2n) is 3.21. The first-order chi connectivity index (χ1) is 6.29. The van der Waals surface area contributed by atoms with E-state index in [-0.39, 0.29) is 0 Å². The Balaban J connectivity index is 2.35. The first-order valence-corrected chi connectivity index (χ1v) is 5.39. The molecule has 1 aromatic carbocycles. The number of nitrogens with zero attached hydrogens (tertiary/aromatic N) is 1. The Morgan fingerprint density at radius 2 is 2.08 bits per heavy atom. The predicted molar refractivity (Wildman–Crippen MR) is 59.9 cm³/mol. The molecule has 0 spiro atoms. The molecule has 0 aliphatic carbocycles. The van der Waals surface area contributed by atoms with Gasteiger partial charge >= 0.3 is 0 Å². The standard InChI is InChI=1S/C11H13NS/c1-9-5-3-4-6-11(9)12-7-8-13-10(12)2/h3-8,10H,1-2H3/t10-/m1/s1. The topological polar surface area (TPSA) is 3.24 Å². The van der Waals surface area contributed by atoms with E-state index >= 15 is 0 Å². The summed E-state index contributed by atoms with van der Waals surface area (Å²) in [6, 6.07) is 8.49. The molecule has 1 aromatic rings. The smallest absolute Gasteiger partial charge is 0.0806 e. The van der Waals surface area contributed by atoms with Gasteiger partial charge in [0.15, 0.2) is 0 Å². The molecule has 1 aliphatic heterocycles. The van der Waals surface area contributed by atoms with Gasteiger partial charge < -0.3 is 4.90 Å². The summed E-state index contributed by atoms with van der Waals surface area (Å²) in [7, 11) is 0. The number of thioether (sulfide) groups is 1. The van der Waals surface area contributed by atoms with Crippen molar-refractivity contribution in [1.82, 2.24) is 0 Å². The molecule has 0 fully saturated rings. The second kappa shape index (κ2) is 3.46. The molecule has 2 heteroatoms. The Morgan fingerprint density at radius 3 is 2.69 bits per heavy atom. The molecule has 1 nitrogen and oxygen atoms in total. The lowest BCUT2D eigenvalue weighted by atomic mass is 10.2. The molecule has 0 aromatic heterocycles. The van der Waals surface area contributed by atoms with Gasteiger partial charge in [0, 0.05) is 11.9 Å². The second-order valence-corrected chi connectivity index (χ2v) is 4.44. The fourth-order valence-electron chi connectivity index (χ4n) is 1.53. The van der Waals surface area contributed by atoms with Crippen molar-refractivity contribution in [3.63, 3.8) is 0 Å². The molecule has 68 valence electrons. The normalized spacial score (nSPS) is 21.1. The van der Waals surface area contributed by atoms with Crippen LogP contribution in [0.3, 0.4) is 0 Å². The van der Waals surface area contributed by atoms with Crippen molar-refractivity contribution in [2.45, 2.75) is 19.2 Å². The van der Waals surface area contributed by atoms with Crippen LogP contribution in [0.15, 0.2) is 35.9 Å². The summed E-state index contributed by atoms with van der Waals surface area (Å²) in [5.41, 5.74) is 2.65. The Hall–Kier alpha value is -0.890. The van der Waals surface area contributed by atoms with Gasteiger partial charge in [-0.1, -0.05) is 18.2 Å². The van der Waals surface area contributed by atoms with E-state index in [0.717, 1.165) is 0 Å². The molecule has 1 heterocycles. The van der Waals surface area contributed by atoms with E-state index in [9.17, 15) is 0 Å². The minimum absolute atomic E-state index is 0.529. The van der Waals surface area contributed by atoms with Crippen LogP contribution in [0.4, 0.5) is 5.69 Å². The van der Waals surface area contributed by atoms with Gasteiger partial charge in [0.1, 0.15) is 0 Å². The lowest BCUT2D eigenvalue weighted by Crippen LogP contribution is -2.21. The lowest BCUT2D eigenvalue weighted by molar-refractivity contribution is 0.962. The number of aryl methyl sites for hydroxylation is 1. The Bertz CT molecular complexity index is 333. The van der Waals surface area contributed by atoms with Crippen LogP contribution >= 0.6 is 11.8 Å². The van der Waals surface area contributed by atoms with Gasteiger partial charge in [-0.3, -0.25) is 0 Å².